The topological polar surface area (TPSA) is 124 Å². The van der Waals surface area contributed by atoms with E-state index in [2.05, 4.69) is 15.0 Å². The first-order chi connectivity index (χ1) is 8.65. The number of aldehydes is 2. The summed E-state index contributed by atoms with van der Waals surface area (Å²) in [5, 5.41) is 0. The molecule has 2 rings (SSSR count). The van der Waals surface area contributed by atoms with E-state index in [0.29, 0.717) is 31.2 Å². The van der Waals surface area contributed by atoms with Gasteiger partial charge >= 0.3 is 0 Å². The maximum atomic E-state index is 11.5. The Bertz CT molecular complexity index is 636. The Morgan fingerprint density at radius 2 is 2.17 bits per heavy atom. The van der Waals surface area contributed by atoms with Crippen LogP contribution < -0.4 is 11.3 Å². The largest absolute Gasteiger partial charge is 0.369 e. The van der Waals surface area contributed by atoms with Crippen LogP contribution in [0.3, 0.4) is 0 Å². The monoisotopic (exact) mass is 249 g/mol. The van der Waals surface area contributed by atoms with E-state index in [1.54, 1.807) is 4.57 Å². The minimum Gasteiger partial charge on any atom is -0.369 e. The third-order valence-electron chi connectivity index (χ3n) is 2.55. The lowest BCUT2D eigenvalue weighted by Crippen LogP contribution is -2.13. The molecule has 0 aliphatic heterocycles. The van der Waals surface area contributed by atoms with Gasteiger partial charge in [0.2, 0.25) is 5.95 Å². The van der Waals surface area contributed by atoms with Gasteiger partial charge in [-0.15, -0.1) is 0 Å². The molecular formula is C10H11N5O3. The summed E-state index contributed by atoms with van der Waals surface area (Å²) >= 11 is 0. The number of rotatable bonds is 5. The van der Waals surface area contributed by atoms with Crippen LogP contribution in [0.2, 0.25) is 0 Å². The molecule has 0 atom stereocenters. The van der Waals surface area contributed by atoms with E-state index in [0.717, 1.165) is 0 Å². The van der Waals surface area contributed by atoms with Gasteiger partial charge in [-0.2, -0.15) is 4.98 Å². The third kappa shape index (κ3) is 2.12. The number of nitrogens with one attached hydrogen (secondary N) is 1. The molecule has 0 aliphatic rings. The Balaban J connectivity index is 2.32. The maximum Gasteiger partial charge on any atom is 0.280 e. The number of nitrogens with zero attached hydrogens (tertiary/aromatic N) is 3. The van der Waals surface area contributed by atoms with E-state index in [-0.39, 0.29) is 11.5 Å². The minimum absolute atomic E-state index is 0.00317. The van der Waals surface area contributed by atoms with E-state index < -0.39 is 11.5 Å². The second-order valence-corrected chi connectivity index (χ2v) is 3.79. The fraction of sp³-hybridized carbons (Fsp3) is 0.300. The molecule has 94 valence electrons. The van der Waals surface area contributed by atoms with Crippen LogP contribution in [0, 0.1) is 5.92 Å². The van der Waals surface area contributed by atoms with Crippen molar-refractivity contribution in [3.8, 4) is 0 Å². The summed E-state index contributed by atoms with van der Waals surface area (Å²) in [5.74, 6) is -0.668. The van der Waals surface area contributed by atoms with Gasteiger partial charge < -0.3 is 19.9 Å². The zero-order valence-corrected chi connectivity index (χ0v) is 9.37. The Labute approximate surface area is 101 Å². The number of nitrogens with two attached hydrogens (primary N) is 1. The van der Waals surface area contributed by atoms with Gasteiger partial charge in [-0.1, -0.05) is 0 Å². The van der Waals surface area contributed by atoms with E-state index >= 15 is 0 Å². The van der Waals surface area contributed by atoms with Gasteiger partial charge in [0.05, 0.1) is 12.2 Å². The molecule has 18 heavy (non-hydrogen) atoms. The number of anilines is 1. The molecule has 0 saturated carbocycles. The normalized spacial score (nSPS) is 10.9. The standard InChI is InChI=1S/C10H11N5O3/c11-10-13-8-7(9(18)14-10)12-5-15(8)2-1-6(3-16)4-17/h3-6H,1-2H2,(H3,11,13,14,18). The summed E-state index contributed by atoms with van der Waals surface area (Å²) in [6.45, 7) is 0.356. The Hall–Kier alpha value is -2.51. The van der Waals surface area contributed by atoms with E-state index in [4.69, 9.17) is 5.73 Å². The molecule has 2 heterocycles. The lowest BCUT2D eigenvalue weighted by atomic mass is 10.1. The molecular weight excluding hydrogens is 238 g/mol. The van der Waals surface area contributed by atoms with Gasteiger partial charge in [-0.3, -0.25) is 9.78 Å². The van der Waals surface area contributed by atoms with Crippen LogP contribution in [0.1, 0.15) is 6.42 Å². The molecule has 3 N–H and O–H groups in total. The smallest absolute Gasteiger partial charge is 0.280 e. The number of aromatic nitrogens is 4. The number of carbonyl (C=O) groups excluding carboxylic acids is 2. The number of hydrogen-bond acceptors (Lipinski definition) is 6. The summed E-state index contributed by atoms with van der Waals surface area (Å²) in [4.78, 5) is 42.8. The molecule has 0 aromatic carbocycles. The highest BCUT2D eigenvalue weighted by Gasteiger charge is 2.11. The number of carbonyl (C=O) groups is 2. The molecule has 8 heteroatoms. The lowest BCUT2D eigenvalue weighted by molar-refractivity contribution is -0.119. The van der Waals surface area contributed by atoms with Crippen molar-refractivity contribution in [1.29, 1.82) is 0 Å². The second kappa shape index (κ2) is 4.78. The van der Waals surface area contributed by atoms with Crippen LogP contribution in [0.25, 0.3) is 11.2 Å². The van der Waals surface area contributed by atoms with Gasteiger partial charge in [0.15, 0.2) is 11.2 Å². The average Bonchev–Trinajstić information content (AvgIpc) is 2.74. The molecule has 2 aromatic rings. The molecule has 2 aromatic heterocycles. The highest BCUT2D eigenvalue weighted by atomic mass is 16.1. The average molecular weight is 249 g/mol. The summed E-state index contributed by atoms with van der Waals surface area (Å²) in [6, 6.07) is 0. The molecule has 0 radical (unpaired) electrons. The first-order valence-electron chi connectivity index (χ1n) is 5.27. The van der Waals surface area contributed by atoms with Crippen LogP contribution in [0.15, 0.2) is 11.1 Å². The van der Waals surface area contributed by atoms with Gasteiger partial charge in [-0.05, 0) is 6.42 Å². The molecule has 0 unspecified atom stereocenters. The van der Waals surface area contributed by atoms with Gasteiger partial charge in [0.25, 0.3) is 5.56 Å². The second-order valence-electron chi connectivity index (χ2n) is 3.79. The van der Waals surface area contributed by atoms with Crippen molar-refractivity contribution in [1.82, 2.24) is 19.5 Å². The van der Waals surface area contributed by atoms with Crippen LogP contribution in [0.4, 0.5) is 5.95 Å². The summed E-state index contributed by atoms with van der Waals surface area (Å²) < 4.78 is 1.58. The van der Waals surface area contributed by atoms with E-state index in [1.807, 2.05) is 0 Å². The molecule has 0 bridgehead atoms. The SMILES string of the molecule is Nc1nc2c(ncn2CCC(C=O)C=O)c(=O)[nH]1. The van der Waals surface area contributed by atoms with Crippen LogP contribution in [-0.2, 0) is 16.1 Å². The molecule has 0 amide bonds. The summed E-state index contributed by atoms with van der Waals surface area (Å²) in [5.41, 5.74) is 5.54. The number of H-pyrrole nitrogens is 1. The van der Waals surface area contributed by atoms with Crippen molar-refractivity contribution in [2.45, 2.75) is 13.0 Å². The van der Waals surface area contributed by atoms with Crippen molar-refractivity contribution in [2.75, 3.05) is 5.73 Å². The van der Waals surface area contributed by atoms with Crippen molar-refractivity contribution in [3.05, 3.63) is 16.7 Å². The summed E-state index contributed by atoms with van der Waals surface area (Å²) in [7, 11) is 0. The number of nitrogen functional groups attached to an aromatic ring is 1. The fourth-order valence-electron chi connectivity index (χ4n) is 1.59. The number of aromatic amines is 1. The molecule has 0 aliphatic carbocycles. The van der Waals surface area contributed by atoms with Crippen LogP contribution >= 0.6 is 0 Å². The highest BCUT2D eigenvalue weighted by molar-refractivity contribution is 5.77. The Kier molecular flexibility index (Phi) is 3.18. The van der Waals surface area contributed by atoms with Gasteiger partial charge in [-0.25, -0.2) is 4.98 Å². The van der Waals surface area contributed by atoms with Crippen LogP contribution in [-0.4, -0.2) is 32.1 Å². The number of imidazole rings is 1. The highest BCUT2D eigenvalue weighted by Crippen LogP contribution is 2.08. The molecule has 0 saturated heterocycles. The minimum atomic E-state index is -0.665. The molecule has 8 nitrogen and oxygen atoms in total. The van der Waals surface area contributed by atoms with Crippen molar-refractivity contribution in [3.63, 3.8) is 0 Å². The van der Waals surface area contributed by atoms with Gasteiger partial charge in [0, 0.05) is 6.54 Å². The number of aryl methyl sites for hydroxylation is 1. The molecule has 0 fully saturated rings. The number of hydrogen-bond donors (Lipinski definition) is 2. The van der Waals surface area contributed by atoms with E-state index in [9.17, 15) is 14.4 Å². The van der Waals surface area contributed by atoms with Crippen molar-refractivity contribution < 1.29 is 9.59 Å². The maximum absolute atomic E-state index is 11.5. The van der Waals surface area contributed by atoms with Crippen LogP contribution in [0.5, 0.6) is 0 Å². The van der Waals surface area contributed by atoms with Gasteiger partial charge in [0.1, 0.15) is 12.6 Å². The third-order valence-corrected chi connectivity index (χ3v) is 2.55. The predicted molar refractivity (Wildman–Crippen MR) is 62.8 cm³/mol. The fourth-order valence-corrected chi connectivity index (χ4v) is 1.59. The lowest BCUT2D eigenvalue weighted by Gasteiger charge is -2.04. The quantitative estimate of drug-likeness (QED) is 0.523. The molecule has 0 spiro atoms. The van der Waals surface area contributed by atoms with Crippen molar-refractivity contribution in [2.24, 2.45) is 5.92 Å². The van der Waals surface area contributed by atoms with E-state index in [1.165, 1.54) is 6.33 Å². The predicted octanol–water partition coefficient (Wildman–Crippen LogP) is -0.894. The summed E-state index contributed by atoms with van der Waals surface area (Å²) in [6.07, 6.45) is 2.92. The number of fused-ring (bicyclic) bond motifs is 1. The Morgan fingerprint density at radius 3 is 2.83 bits per heavy atom. The zero-order chi connectivity index (χ0) is 13.1. The Morgan fingerprint density at radius 1 is 1.44 bits per heavy atom. The first-order valence-corrected chi connectivity index (χ1v) is 5.27. The van der Waals surface area contributed by atoms with Crippen molar-refractivity contribution >= 4 is 29.7 Å². The first kappa shape index (κ1) is 12.0. The zero-order valence-electron chi connectivity index (χ0n) is 9.37.